The highest BCUT2D eigenvalue weighted by Crippen LogP contribution is 2.25. The van der Waals surface area contributed by atoms with Crippen molar-refractivity contribution in [2.45, 2.75) is 64.5 Å². The van der Waals surface area contributed by atoms with Crippen molar-refractivity contribution in [3.63, 3.8) is 0 Å². The minimum absolute atomic E-state index is 0.196. The number of nitrogens with zero attached hydrogens (tertiary/aromatic N) is 1. The van der Waals surface area contributed by atoms with Crippen LogP contribution in [0.3, 0.4) is 0 Å². The van der Waals surface area contributed by atoms with Gasteiger partial charge in [0.25, 0.3) is 0 Å². The van der Waals surface area contributed by atoms with E-state index in [2.05, 4.69) is 36.4 Å². The molecule has 1 atom stereocenters. The lowest BCUT2D eigenvalue weighted by atomic mass is 10.0. The molecular weight excluding hydrogens is 362 g/mol. The van der Waals surface area contributed by atoms with Gasteiger partial charge in [0, 0.05) is 19.0 Å². The molecule has 4 heteroatoms. The van der Waals surface area contributed by atoms with Crippen LogP contribution in [-0.4, -0.2) is 35.8 Å². The molecule has 1 heterocycles. The standard InChI is InChI=1S/C25H33NO3/c1-25(2,3)29-24(27)26-18-9-13-22(26)17-19-28-23-14-8-7-12-21(23)16-15-20-10-5-4-6-11-20/h4-8,10-12,14,22H,9,13,15-19H2,1-3H3. The summed E-state index contributed by atoms with van der Waals surface area (Å²) >= 11 is 0. The van der Waals surface area contributed by atoms with Gasteiger partial charge < -0.3 is 14.4 Å². The van der Waals surface area contributed by atoms with Crippen molar-refractivity contribution >= 4 is 6.09 Å². The van der Waals surface area contributed by atoms with Gasteiger partial charge in [-0.25, -0.2) is 4.79 Å². The predicted octanol–water partition coefficient (Wildman–Crippen LogP) is 5.64. The van der Waals surface area contributed by atoms with Crippen molar-refractivity contribution in [2.24, 2.45) is 0 Å². The van der Waals surface area contributed by atoms with E-state index in [4.69, 9.17) is 9.47 Å². The van der Waals surface area contributed by atoms with Gasteiger partial charge in [0.1, 0.15) is 11.4 Å². The average molecular weight is 396 g/mol. The Morgan fingerprint density at radius 1 is 1.03 bits per heavy atom. The van der Waals surface area contributed by atoms with E-state index in [-0.39, 0.29) is 12.1 Å². The van der Waals surface area contributed by atoms with Crippen LogP contribution < -0.4 is 4.74 Å². The van der Waals surface area contributed by atoms with E-state index in [1.165, 1.54) is 11.1 Å². The predicted molar refractivity (Wildman–Crippen MR) is 116 cm³/mol. The molecule has 0 spiro atoms. The van der Waals surface area contributed by atoms with Crippen molar-refractivity contribution in [3.8, 4) is 5.75 Å². The Kier molecular flexibility index (Phi) is 7.18. The normalized spacial score (nSPS) is 16.7. The Balaban J connectivity index is 1.52. The number of carbonyl (C=O) groups excluding carboxylic acids is 1. The van der Waals surface area contributed by atoms with Gasteiger partial charge in [0.05, 0.1) is 6.61 Å². The quantitative estimate of drug-likeness (QED) is 0.609. The van der Waals surface area contributed by atoms with E-state index >= 15 is 0 Å². The molecule has 156 valence electrons. The fraction of sp³-hybridized carbons (Fsp3) is 0.480. The summed E-state index contributed by atoms with van der Waals surface area (Å²) in [6, 6.07) is 19.0. The van der Waals surface area contributed by atoms with Crippen molar-refractivity contribution < 1.29 is 14.3 Å². The van der Waals surface area contributed by atoms with Gasteiger partial charge in [0.15, 0.2) is 0 Å². The third-order valence-electron chi connectivity index (χ3n) is 5.21. The first-order chi connectivity index (χ1) is 13.9. The number of rotatable bonds is 7. The molecule has 1 aliphatic heterocycles. The molecule has 1 unspecified atom stereocenters. The molecule has 1 fully saturated rings. The number of hydrogen-bond acceptors (Lipinski definition) is 3. The van der Waals surface area contributed by atoms with Gasteiger partial charge in [-0.3, -0.25) is 0 Å². The van der Waals surface area contributed by atoms with Crippen molar-refractivity contribution in [1.29, 1.82) is 0 Å². The zero-order valence-electron chi connectivity index (χ0n) is 17.9. The van der Waals surface area contributed by atoms with Crippen LogP contribution in [0.1, 0.15) is 51.2 Å². The maximum Gasteiger partial charge on any atom is 0.410 e. The minimum atomic E-state index is -0.460. The second-order valence-corrected chi connectivity index (χ2v) is 8.70. The molecule has 0 N–H and O–H groups in total. The van der Waals surface area contributed by atoms with Crippen LogP contribution in [0.5, 0.6) is 5.75 Å². The molecule has 0 bridgehead atoms. The molecule has 2 aromatic carbocycles. The topological polar surface area (TPSA) is 38.8 Å². The van der Waals surface area contributed by atoms with Crippen molar-refractivity contribution in [3.05, 3.63) is 65.7 Å². The van der Waals surface area contributed by atoms with Gasteiger partial charge in [-0.2, -0.15) is 0 Å². The van der Waals surface area contributed by atoms with Crippen molar-refractivity contribution in [2.75, 3.05) is 13.2 Å². The molecule has 3 rings (SSSR count). The molecule has 1 saturated heterocycles. The Morgan fingerprint density at radius 2 is 1.76 bits per heavy atom. The zero-order chi connectivity index (χ0) is 20.7. The Hall–Kier alpha value is -2.49. The van der Waals surface area contributed by atoms with Gasteiger partial charge in [-0.05, 0) is 63.6 Å². The fourth-order valence-electron chi connectivity index (χ4n) is 3.78. The Morgan fingerprint density at radius 3 is 2.52 bits per heavy atom. The van der Waals surface area contributed by atoms with Crippen LogP contribution in [0.25, 0.3) is 0 Å². The second-order valence-electron chi connectivity index (χ2n) is 8.70. The van der Waals surface area contributed by atoms with Gasteiger partial charge in [-0.15, -0.1) is 0 Å². The summed E-state index contributed by atoms with van der Waals surface area (Å²) in [7, 11) is 0. The molecule has 1 amide bonds. The minimum Gasteiger partial charge on any atom is -0.493 e. The first-order valence-electron chi connectivity index (χ1n) is 10.7. The van der Waals surface area contributed by atoms with E-state index in [0.717, 1.165) is 44.4 Å². The Bertz CT molecular complexity index is 782. The third kappa shape index (κ3) is 6.52. The number of carbonyl (C=O) groups is 1. The smallest absolute Gasteiger partial charge is 0.410 e. The number of ether oxygens (including phenoxy) is 2. The van der Waals surface area contributed by atoms with E-state index in [1.54, 1.807) is 0 Å². The highest BCUT2D eigenvalue weighted by molar-refractivity contribution is 5.68. The lowest BCUT2D eigenvalue weighted by molar-refractivity contribution is 0.0211. The zero-order valence-corrected chi connectivity index (χ0v) is 17.9. The van der Waals surface area contributed by atoms with Crippen LogP contribution >= 0.6 is 0 Å². The van der Waals surface area contributed by atoms with E-state index in [1.807, 2.05) is 43.9 Å². The molecule has 2 aromatic rings. The number of aryl methyl sites for hydroxylation is 2. The number of amides is 1. The molecule has 0 aromatic heterocycles. The fourth-order valence-corrected chi connectivity index (χ4v) is 3.78. The lowest BCUT2D eigenvalue weighted by Gasteiger charge is -2.28. The molecule has 1 aliphatic rings. The van der Waals surface area contributed by atoms with Gasteiger partial charge in [0.2, 0.25) is 0 Å². The molecular formula is C25H33NO3. The Labute approximate surface area is 174 Å². The van der Waals surface area contributed by atoms with E-state index in [0.29, 0.717) is 6.61 Å². The van der Waals surface area contributed by atoms with Crippen LogP contribution in [0.4, 0.5) is 4.79 Å². The van der Waals surface area contributed by atoms with Gasteiger partial charge in [-0.1, -0.05) is 48.5 Å². The monoisotopic (exact) mass is 395 g/mol. The third-order valence-corrected chi connectivity index (χ3v) is 5.21. The van der Waals surface area contributed by atoms with Crippen LogP contribution in [0.2, 0.25) is 0 Å². The van der Waals surface area contributed by atoms with Crippen molar-refractivity contribution in [1.82, 2.24) is 4.90 Å². The summed E-state index contributed by atoms with van der Waals surface area (Å²) in [6.45, 7) is 7.10. The lowest BCUT2D eigenvalue weighted by Crippen LogP contribution is -2.40. The molecule has 0 saturated carbocycles. The SMILES string of the molecule is CC(C)(C)OC(=O)N1CCCC1CCOc1ccccc1CCc1ccccc1. The van der Waals surface area contributed by atoms with Gasteiger partial charge >= 0.3 is 6.09 Å². The number of likely N-dealkylation sites (tertiary alicyclic amines) is 1. The first-order valence-corrected chi connectivity index (χ1v) is 10.7. The average Bonchev–Trinajstić information content (AvgIpc) is 3.15. The molecule has 4 nitrogen and oxygen atoms in total. The highest BCUT2D eigenvalue weighted by atomic mass is 16.6. The largest absolute Gasteiger partial charge is 0.493 e. The summed E-state index contributed by atoms with van der Waals surface area (Å²) in [4.78, 5) is 14.3. The van der Waals surface area contributed by atoms with Crippen LogP contribution in [0, 0.1) is 0 Å². The van der Waals surface area contributed by atoms with Crippen LogP contribution in [-0.2, 0) is 17.6 Å². The maximum absolute atomic E-state index is 12.4. The van der Waals surface area contributed by atoms with Crippen LogP contribution in [0.15, 0.2) is 54.6 Å². The maximum atomic E-state index is 12.4. The molecule has 29 heavy (non-hydrogen) atoms. The van der Waals surface area contributed by atoms with E-state index < -0.39 is 5.60 Å². The summed E-state index contributed by atoms with van der Waals surface area (Å²) < 4.78 is 11.7. The summed E-state index contributed by atoms with van der Waals surface area (Å²) in [6.07, 6.45) is 4.61. The van der Waals surface area contributed by atoms with E-state index in [9.17, 15) is 4.79 Å². The summed E-state index contributed by atoms with van der Waals surface area (Å²) in [5.74, 6) is 0.949. The second kappa shape index (κ2) is 9.82. The molecule has 0 radical (unpaired) electrons. The first kappa shape index (κ1) is 21.2. The highest BCUT2D eigenvalue weighted by Gasteiger charge is 2.31. The number of hydrogen-bond donors (Lipinski definition) is 0. The summed E-state index contributed by atoms with van der Waals surface area (Å²) in [5.41, 5.74) is 2.10. The number of benzene rings is 2. The number of para-hydroxylation sites is 1. The summed E-state index contributed by atoms with van der Waals surface area (Å²) in [5, 5.41) is 0. The molecule has 0 aliphatic carbocycles.